The molecule has 0 aliphatic carbocycles. The Morgan fingerprint density at radius 3 is 2.83 bits per heavy atom. The minimum absolute atomic E-state index is 0.00112. The van der Waals surface area contributed by atoms with Crippen molar-refractivity contribution in [2.24, 2.45) is 0 Å². The first-order valence-electron chi connectivity index (χ1n) is 5.87. The molecule has 0 aliphatic heterocycles. The summed E-state index contributed by atoms with van der Waals surface area (Å²) in [4.78, 5) is 3.25. The first-order valence-corrected chi connectivity index (χ1v) is 6.28. The van der Waals surface area contributed by atoms with Crippen LogP contribution in [0.4, 0.5) is 0 Å². The molecule has 0 saturated heterocycles. The van der Waals surface area contributed by atoms with E-state index in [0.29, 0.717) is 13.2 Å². The number of benzene rings is 1. The van der Waals surface area contributed by atoms with Crippen LogP contribution in [0.25, 0.3) is 11.0 Å². The van der Waals surface area contributed by atoms with E-state index >= 15 is 0 Å². The number of rotatable bonds is 5. The minimum atomic E-state index is 0.00112. The van der Waals surface area contributed by atoms with Gasteiger partial charge in [-0.1, -0.05) is 12.1 Å². The first-order chi connectivity index (χ1) is 8.67. The molecule has 0 aliphatic rings. The Morgan fingerprint density at radius 1 is 1.39 bits per heavy atom. The minimum Gasteiger partial charge on any atom is -0.382 e. The summed E-state index contributed by atoms with van der Waals surface area (Å²) in [5, 5.41) is 0. The number of aromatic amines is 1. The van der Waals surface area contributed by atoms with Gasteiger partial charge in [0, 0.05) is 14.2 Å². The molecule has 1 aromatic carbocycles. The lowest BCUT2D eigenvalue weighted by Crippen LogP contribution is -2.23. The van der Waals surface area contributed by atoms with E-state index in [4.69, 9.17) is 21.7 Å². The summed E-state index contributed by atoms with van der Waals surface area (Å²) in [7, 11) is 3.36. The molecule has 18 heavy (non-hydrogen) atoms. The molecule has 0 radical (unpaired) electrons. The highest BCUT2D eigenvalue weighted by Crippen LogP contribution is 2.18. The summed E-state index contributed by atoms with van der Waals surface area (Å²) in [6, 6.07) is 6.17. The third-order valence-corrected chi connectivity index (χ3v) is 3.41. The second-order valence-electron chi connectivity index (χ2n) is 4.32. The Kier molecular flexibility index (Phi) is 4.16. The highest BCUT2D eigenvalue weighted by atomic mass is 32.1. The molecule has 1 atom stereocenters. The molecule has 1 aromatic heterocycles. The molecule has 0 amide bonds. The lowest BCUT2D eigenvalue weighted by molar-refractivity contribution is 0.0188. The average Bonchev–Trinajstić information content (AvgIpc) is 2.67. The number of methoxy groups -OCH3 is 2. The number of fused-ring (bicyclic) bond motifs is 1. The maximum atomic E-state index is 5.39. The summed E-state index contributed by atoms with van der Waals surface area (Å²) in [6.45, 7) is 3.31. The van der Waals surface area contributed by atoms with Crippen molar-refractivity contribution in [2.75, 3.05) is 20.8 Å². The number of para-hydroxylation sites is 1. The third kappa shape index (κ3) is 2.48. The number of nitrogens with one attached hydrogen (secondary N) is 1. The highest BCUT2D eigenvalue weighted by Gasteiger charge is 2.12. The standard InChI is InChI=1S/C13H18N2O2S/c1-9-5-4-6-11-12(9)14-13(18)15(11)7-10(17-3)8-16-2/h4-6,10H,7-8H2,1-3H3,(H,14,18). The summed E-state index contributed by atoms with van der Waals surface area (Å²) in [5.74, 6) is 0. The highest BCUT2D eigenvalue weighted by molar-refractivity contribution is 7.71. The van der Waals surface area contributed by atoms with Crippen LogP contribution in [0.3, 0.4) is 0 Å². The van der Waals surface area contributed by atoms with Crippen LogP contribution in [-0.4, -0.2) is 36.5 Å². The van der Waals surface area contributed by atoms with Gasteiger partial charge in [0.15, 0.2) is 4.77 Å². The maximum Gasteiger partial charge on any atom is 0.178 e. The van der Waals surface area contributed by atoms with Crippen molar-refractivity contribution >= 4 is 23.3 Å². The van der Waals surface area contributed by atoms with Gasteiger partial charge in [-0.05, 0) is 30.8 Å². The lowest BCUT2D eigenvalue weighted by atomic mass is 10.2. The number of imidazole rings is 1. The maximum absolute atomic E-state index is 5.39. The zero-order chi connectivity index (χ0) is 13.1. The van der Waals surface area contributed by atoms with Crippen molar-refractivity contribution in [2.45, 2.75) is 19.6 Å². The molecule has 0 bridgehead atoms. The van der Waals surface area contributed by atoms with Gasteiger partial charge in [0.25, 0.3) is 0 Å². The van der Waals surface area contributed by atoms with E-state index < -0.39 is 0 Å². The van der Waals surface area contributed by atoms with Crippen LogP contribution >= 0.6 is 12.2 Å². The van der Waals surface area contributed by atoms with Gasteiger partial charge in [-0.2, -0.15) is 0 Å². The van der Waals surface area contributed by atoms with Gasteiger partial charge >= 0.3 is 0 Å². The van der Waals surface area contributed by atoms with Gasteiger partial charge in [0.1, 0.15) is 0 Å². The summed E-state index contributed by atoms with van der Waals surface area (Å²) in [5.41, 5.74) is 3.39. The van der Waals surface area contributed by atoms with Crippen LogP contribution in [0, 0.1) is 11.7 Å². The topological polar surface area (TPSA) is 39.2 Å². The fourth-order valence-electron chi connectivity index (χ4n) is 2.09. The van der Waals surface area contributed by atoms with E-state index in [1.807, 2.05) is 6.07 Å². The van der Waals surface area contributed by atoms with Gasteiger partial charge in [0.2, 0.25) is 0 Å². The predicted molar refractivity (Wildman–Crippen MR) is 74.5 cm³/mol. The number of aryl methyl sites for hydroxylation is 1. The number of aromatic nitrogens is 2. The fourth-order valence-corrected chi connectivity index (χ4v) is 2.36. The van der Waals surface area contributed by atoms with E-state index in [-0.39, 0.29) is 6.10 Å². The number of H-pyrrole nitrogens is 1. The largest absolute Gasteiger partial charge is 0.382 e. The lowest BCUT2D eigenvalue weighted by Gasteiger charge is -2.15. The Labute approximate surface area is 112 Å². The first kappa shape index (κ1) is 13.3. The Bertz CT molecular complexity index is 588. The van der Waals surface area contributed by atoms with E-state index in [1.54, 1.807) is 14.2 Å². The Balaban J connectivity index is 2.41. The second kappa shape index (κ2) is 5.65. The van der Waals surface area contributed by atoms with Crippen LogP contribution in [0.15, 0.2) is 18.2 Å². The summed E-state index contributed by atoms with van der Waals surface area (Å²) in [6.07, 6.45) is 0.00112. The van der Waals surface area contributed by atoms with Gasteiger partial charge < -0.3 is 19.0 Å². The Morgan fingerprint density at radius 2 is 2.17 bits per heavy atom. The van der Waals surface area contributed by atoms with Crippen molar-refractivity contribution in [3.8, 4) is 0 Å². The van der Waals surface area contributed by atoms with Crippen LogP contribution < -0.4 is 0 Å². The van der Waals surface area contributed by atoms with E-state index in [9.17, 15) is 0 Å². The second-order valence-corrected chi connectivity index (χ2v) is 4.71. The van der Waals surface area contributed by atoms with Crippen LogP contribution in [-0.2, 0) is 16.0 Å². The molecule has 0 saturated carbocycles. The van der Waals surface area contributed by atoms with Crippen LogP contribution in [0.2, 0.25) is 0 Å². The number of hydrogen-bond acceptors (Lipinski definition) is 3. The number of ether oxygens (including phenoxy) is 2. The average molecular weight is 266 g/mol. The van der Waals surface area contributed by atoms with Gasteiger partial charge in [-0.15, -0.1) is 0 Å². The SMILES string of the molecule is COCC(Cn1c(=S)[nH]c2c(C)cccc21)OC. The predicted octanol–water partition coefficient (Wildman–Crippen LogP) is 2.67. The molecule has 4 nitrogen and oxygen atoms in total. The van der Waals surface area contributed by atoms with E-state index in [2.05, 4.69) is 28.6 Å². The van der Waals surface area contributed by atoms with Gasteiger partial charge in [-0.25, -0.2) is 0 Å². The molecule has 1 unspecified atom stereocenters. The fraction of sp³-hybridized carbons (Fsp3) is 0.462. The molecule has 0 spiro atoms. The normalized spacial score (nSPS) is 13.1. The smallest absolute Gasteiger partial charge is 0.178 e. The van der Waals surface area contributed by atoms with Crippen molar-refractivity contribution in [1.29, 1.82) is 0 Å². The monoisotopic (exact) mass is 266 g/mol. The zero-order valence-electron chi connectivity index (χ0n) is 10.9. The zero-order valence-corrected chi connectivity index (χ0v) is 11.7. The van der Waals surface area contributed by atoms with Crippen molar-refractivity contribution in [1.82, 2.24) is 9.55 Å². The summed E-state index contributed by atoms with van der Waals surface area (Å²) >= 11 is 5.37. The Hall–Kier alpha value is -1.17. The molecule has 2 rings (SSSR count). The van der Waals surface area contributed by atoms with Crippen molar-refractivity contribution in [3.63, 3.8) is 0 Å². The molecule has 0 fully saturated rings. The third-order valence-electron chi connectivity index (χ3n) is 3.09. The number of hydrogen-bond donors (Lipinski definition) is 1. The van der Waals surface area contributed by atoms with Crippen molar-refractivity contribution < 1.29 is 9.47 Å². The molecule has 5 heteroatoms. The molecular weight excluding hydrogens is 248 g/mol. The number of nitrogens with zero attached hydrogens (tertiary/aromatic N) is 1. The molecular formula is C13H18N2O2S. The quantitative estimate of drug-likeness (QED) is 0.846. The van der Waals surface area contributed by atoms with Crippen LogP contribution in [0.5, 0.6) is 0 Å². The van der Waals surface area contributed by atoms with E-state index in [0.717, 1.165) is 15.8 Å². The summed E-state index contributed by atoms with van der Waals surface area (Å²) < 4.78 is 13.3. The molecule has 98 valence electrons. The van der Waals surface area contributed by atoms with Gasteiger partial charge in [0.05, 0.1) is 30.3 Å². The van der Waals surface area contributed by atoms with Crippen LogP contribution in [0.1, 0.15) is 5.56 Å². The molecule has 1 heterocycles. The van der Waals surface area contributed by atoms with E-state index in [1.165, 1.54) is 5.56 Å². The molecule has 1 N–H and O–H groups in total. The van der Waals surface area contributed by atoms with Gasteiger partial charge in [-0.3, -0.25) is 0 Å². The molecule has 2 aromatic rings. The van der Waals surface area contributed by atoms with Crippen molar-refractivity contribution in [3.05, 3.63) is 28.5 Å².